The molecule has 13 heteroatoms. The number of benzene rings is 1. The molecule has 41 heavy (non-hydrogen) atoms. The van der Waals surface area contributed by atoms with E-state index in [1.165, 1.54) is 16.9 Å². The van der Waals surface area contributed by atoms with Gasteiger partial charge in [-0.25, -0.2) is 22.7 Å². The molecule has 0 radical (unpaired) electrons. The standard InChI is InChI=1S/C28H31F3N6O2S2/c1-41(38,39)37-10-7-27(16-32,8-11-37)19-2-4-20(5-3-19)35-21-13-26(14-21)6-9-36(17-26)24-23-12-22(15-28(29,30)31)40-25(23)34-18-33-24/h2-5,12,18,21,35H,6-11,13-15,17H2,1H3. The molecule has 1 spiro atoms. The van der Waals surface area contributed by atoms with Gasteiger partial charge >= 0.3 is 6.18 Å². The third-order valence-corrected chi connectivity index (χ3v) is 11.2. The molecular weight excluding hydrogens is 573 g/mol. The SMILES string of the molecule is CS(=O)(=O)N1CCC(C#N)(c2ccc(NC3CC4(CCN(c5ncnc6sc(CC(F)(F)F)cc56)C4)C3)cc2)CC1. The molecule has 0 bridgehead atoms. The summed E-state index contributed by atoms with van der Waals surface area (Å²) in [6, 6.07) is 12.3. The van der Waals surface area contributed by atoms with Crippen LogP contribution in [-0.4, -0.2) is 67.3 Å². The maximum atomic E-state index is 12.9. The Hall–Kier alpha value is -2.95. The lowest BCUT2D eigenvalue weighted by atomic mass is 9.65. The summed E-state index contributed by atoms with van der Waals surface area (Å²) in [6.07, 6.45) is 1.37. The molecule has 1 aromatic carbocycles. The lowest BCUT2D eigenvalue weighted by molar-refractivity contribution is -0.126. The van der Waals surface area contributed by atoms with E-state index in [1.54, 1.807) is 6.07 Å². The summed E-state index contributed by atoms with van der Waals surface area (Å²) >= 11 is 1.08. The van der Waals surface area contributed by atoms with Gasteiger partial charge in [0.25, 0.3) is 0 Å². The summed E-state index contributed by atoms with van der Waals surface area (Å²) < 4.78 is 64.0. The van der Waals surface area contributed by atoms with Gasteiger partial charge < -0.3 is 10.2 Å². The summed E-state index contributed by atoms with van der Waals surface area (Å²) in [6.45, 7) is 2.31. The topological polar surface area (TPSA) is 102 Å². The molecule has 3 fully saturated rings. The van der Waals surface area contributed by atoms with Gasteiger partial charge in [-0.3, -0.25) is 0 Å². The highest BCUT2D eigenvalue weighted by atomic mass is 32.2. The number of piperidine rings is 1. The Bertz CT molecular complexity index is 1590. The van der Waals surface area contributed by atoms with Gasteiger partial charge in [-0.05, 0) is 61.3 Å². The Morgan fingerprint density at radius 2 is 1.83 bits per heavy atom. The number of sulfonamides is 1. The number of hydrogen-bond donors (Lipinski definition) is 1. The Balaban J connectivity index is 1.06. The van der Waals surface area contributed by atoms with Crippen LogP contribution in [0.2, 0.25) is 0 Å². The van der Waals surface area contributed by atoms with Crippen LogP contribution in [0.5, 0.6) is 0 Å². The molecule has 2 saturated heterocycles. The summed E-state index contributed by atoms with van der Waals surface area (Å²) in [4.78, 5) is 11.7. The number of thiophene rings is 1. The molecule has 1 saturated carbocycles. The highest BCUT2D eigenvalue weighted by molar-refractivity contribution is 7.88. The van der Waals surface area contributed by atoms with Crippen LogP contribution < -0.4 is 10.2 Å². The molecule has 2 aromatic heterocycles. The molecule has 2 aliphatic heterocycles. The summed E-state index contributed by atoms with van der Waals surface area (Å²) in [5.74, 6) is 0.720. The Morgan fingerprint density at radius 1 is 1.12 bits per heavy atom. The fourth-order valence-electron chi connectivity index (χ4n) is 6.75. The van der Waals surface area contributed by atoms with Crippen molar-refractivity contribution in [3.8, 4) is 6.07 Å². The van der Waals surface area contributed by atoms with Gasteiger partial charge in [0.2, 0.25) is 10.0 Å². The molecule has 0 amide bonds. The number of nitriles is 1. The normalized spacial score (nSPS) is 24.9. The van der Waals surface area contributed by atoms with Crippen molar-refractivity contribution in [3.05, 3.63) is 47.1 Å². The first-order valence-electron chi connectivity index (χ1n) is 13.7. The number of aromatic nitrogens is 2. The van der Waals surface area contributed by atoms with Crippen LogP contribution in [0.25, 0.3) is 10.2 Å². The minimum Gasteiger partial charge on any atom is -0.382 e. The summed E-state index contributed by atoms with van der Waals surface area (Å²) in [5, 5.41) is 14.3. The lowest BCUT2D eigenvalue weighted by Gasteiger charge is -2.46. The molecule has 1 aliphatic carbocycles. The van der Waals surface area contributed by atoms with E-state index in [4.69, 9.17) is 0 Å². The van der Waals surface area contributed by atoms with Crippen molar-refractivity contribution in [1.82, 2.24) is 14.3 Å². The van der Waals surface area contributed by atoms with E-state index in [-0.39, 0.29) is 10.3 Å². The molecule has 8 nitrogen and oxygen atoms in total. The molecule has 218 valence electrons. The van der Waals surface area contributed by atoms with Crippen LogP contribution in [0.3, 0.4) is 0 Å². The van der Waals surface area contributed by atoms with E-state index in [1.807, 2.05) is 24.3 Å². The van der Waals surface area contributed by atoms with Crippen molar-refractivity contribution in [1.29, 1.82) is 5.26 Å². The fourth-order valence-corrected chi connectivity index (χ4v) is 8.62. The first kappa shape index (κ1) is 28.2. The zero-order chi connectivity index (χ0) is 29.0. The Labute approximate surface area is 241 Å². The van der Waals surface area contributed by atoms with E-state index in [0.717, 1.165) is 60.8 Å². The van der Waals surface area contributed by atoms with Gasteiger partial charge in [0.05, 0.1) is 29.5 Å². The molecule has 1 N–H and O–H groups in total. The van der Waals surface area contributed by atoms with Crippen LogP contribution >= 0.6 is 11.3 Å². The second kappa shape index (κ2) is 10.1. The number of nitrogens with one attached hydrogen (secondary N) is 1. The van der Waals surface area contributed by atoms with Crippen LogP contribution in [0, 0.1) is 16.7 Å². The zero-order valence-corrected chi connectivity index (χ0v) is 24.2. The average Bonchev–Trinajstić information content (AvgIpc) is 3.51. The predicted molar refractivity (Wildman–Crippen MR) is 152 cm³/mol. The minimum absolute atomic E-state index is 0.151. The number of anilines is 2. The number of fused-ring (bicyclic) bond motifs is 1. The van der Waals surface area contributed by atoms with Gasteiger partial charge in [-0.2, -0.15) is 18.4 Å². The summed E-state index contributed by atoms with van der Waals surface area (Å²) in [5.41, 5.74) is 1.37. The Kier molecular flexibility index (Phi) is 6.94. The zero-order valence-electron chi connectivity index (χ0n) is 22.6. The molecule has 3 aromatic rings. The fraction of sp³-hybridized carbons (Fsp3) is 0.536. The lowest BCUT2D eigenvalue weighted by Crippen LogP contribution is -2.46. The highest BCUT2D eigenvalue weighted by Gasteiger charge is 2.49. The molecule has 3 aliphatic rings. The van der Waals surface area contributed by atoms with Crippen molar-refractivity contribution in [3.63, 3.8) is 0 Å². The molecule has 0 atom stereocenters. The van der Waals surface area contributed by atoms with Gasteiger partial charge in [0.15, 0.2) is 0 Å². The van der Waals surface area contributed by atoms with E-state index < -0.39 is 28.0 Å². The quantitative estimate of drug-likeness (QED) is 0.419. The molecule has 4 heterocycles. The van der Waals surface area contributed by atoms with Gasteiger partial charge in [0, 0.05) is 42.8 Å². The highest BCUT2D eigenvalue weighted by Crippen LogP contribution is 2.50. The summed E-state index contributed by atoms with van der Waals surface area (Å²) in [7, 11) is -3.26. The van der Waals surface area contributed by atoms with Crippen molar-refractivity contribution in [2.45, 2.75) is 56.2 Å². The predicted octanol–water partition coefficient (Wildman–Crippen LogP) is 5.08. The third-order valence-electron chi connectivity index (χ3n) is 8.90. The van der Waals surface area contributed by atoms with Gasteiger partial charge in [0.1, 0.15) is 17.0 Å². The van der Waals surface area contributed by atoms with Crippen molar-refractivity contribution in [2.75, 3.05) is 42.7 Å². The molecule has 6 rings (SSSR count). The molecular formula is C28H31F3N6O2S2. The monoisotopic (exact) mass is 604 g/mol. The van der Waals surface area contributed by atoms with Crippen molar-refractivity contribution in [2.24, 2.45) is 5.41 Å². The van der Waals surface area contributed by atoms with Crippen LogP contribution in [0.4, 0.5) is 24.7 Å². The van der Waals surface area contributed by atoms with E-state index in [9.17, 15) is 26.9 Å². The minimum atomic E-state index is -4.25. The van der Waals surface area contributed by atoms with Gasteiger partial charge in [-0.1, -0.05) is 12.1 Å². The molecule has 0 unspecified atom stereocenters. The second-order valence-electron chi connectivity index (χ2n) is 11.8. The number of hydrogen-bond acceptors (Lipinski definition) is 8. The smallest absolute Gasteiger partial charge is 0.382 e. The first-order valence-corrected chi connectivity index (χ1v) is 16.3. The maximum Gasteiger partial charge on any atom is 0.393 e. The van der Waals surface area contributed by atoms with Crippen molar-refractivity contribution < 1.29 is 21.6 Å². The average molecular weight is 605 g/mol. The van der Waals surface area contributed by atoms with E-state index in [2.05, 4.69) is 26.3 Å². The van der Waals surface area contributed by atoms with E-state index in [0.29, 0.717) is 42.2 Å². The number of alkyl halides is 3. The number of halogens is 3. The second-order valence-corrected chi connectivity index (χ2v) is 14.9. The third kappa shape index (κ3) is 5.61. The van der Waals surface area contributed by atoms with Crippen LogP contribution in [0.1, 0.15) is 42.5 Å². The number of rotatable bonds is 6. The number of nitrogens with zero attached hydrogens (tertiary/aromatic N) is 5. The van der Waals surface area contributed by atoms with Crippen LogP contribution in [0.15, 0.2) is 36.7 Å². The van der Waals surface area contributed by atoms with Gasteiger partial charge in [-0.15, -0.1) is 11.3 Å². The van der Waals surface area contributed by atoms with Crippen molar-refractivity contribution >= 4 is 43.1 Å². The van der Waals surface area contributed by atoms with Crippen LogP contribution in [-0.2, 0) is 21.9 Å². The van der Waals surface area contributed by atoms with E-state index >= 15 is 0 Å². The Morgan fingerprint density at radius 3 is 2.46 bits per heavy atom. The largest absolute Gasteiger partial charge is 0.393 e. The maximum absolute atomic E-state index is 12.9. The first-order chi connectivity index (χ1) is 19.4.